The Labute approximate surface area is 140 Å². The van der Waals surface area contributed by atoms with Gasteiger partial charge in [0, 0.05) is 24.6 Å². The number of carbonyl (C=O) groups is 1. The van der Waals surface area contributed by atoms with Gasteiger partial charge in [0.15, 0.2) is 0 Å². The van der Waals surface area contributed by atoms with E-state index in [1.165, 1.54) is 4.88 Å². The molecule has 2 aromatic rings. The number of hydrogen-bond donors (Lipinski definition) is 1. The maximum absolute atomic E-state index is 12.2. The van der Waals surface area contributed by atoms with Crippen molar-refractivity contribution in [2.45, 2.75) is 32.0 Å². The molecule has 2 aromatic heterocycles. The molecule has 1 aliphatic rings. The highest BCUT2D eigenvalue weighted by Gasteiger charge is 2.18. The van der Waals surface area contributed by atoms with Crippen molar-refractivity contribution in [2.24, 2.45) is 0 Å². The lowest BCUT2D eigenvalue weighted by molar-refractivity contribution is -0.123. The average molecular weight is 334 g/mol. The largest absolute Gasteiger partial charge is 0.468 e. The van der Waals surface area contributed by atoms with E-state index in [1.54, 1.807) is 17.6 Å². The normalized spacial score (nSPS) is 17.7. The van der Waals surface area contributed by atoms with Crippen molar-refractivity contribution in [3.63, 3.8) is 0 Å². The fourth-order valence-corrected chi connectivity index (χ4v) is 3.45. The van der Waals surface area contributed by atoms with Crippen LogP contribution in [-0.4, -0.2) is 36.6 Å². The zero-order valence-corrected chi connectivity index (χ0v) is 13.9. The molecule has 5 nitrogen and oxygen atoms in total. The maximum Gasteiger partial charge on any atom is 0.234 e. The highest BCUT2D eigenvalue weighted by atomic mass is 32.1. The molecule has 6 heteroatoms. The van der Waals surface area contributed by atoms with Crippen molar-refractivity contribution in [1.29, 1.82) is 0 Å². The molecule has 1 fully saturated rings. The topological polar surface area (TPSA) is 54.7 Å². The van der Waals surface area contributed by atoms with Crippen molar-refractivity contribution in [2.75, 3.05) is 19.7 Å². The predicted octanol–water partition coefficient (Wildman–Crippen LogP) is 2.64. The Balaban J connectivity index is 1.52. The summed E-state index contributed by atoms with van der Waals surface area (Å²) in [5.41, 5.74) is 0. The standard InChI is InChI=1S/C17H22N2O3S/c20-17(18-10-14-4-1-7-21-14)13-19(11-15-5-2-8-22-15)12-16-6-3-9-23-16/h2-3,5-6,8-9,14H,1,4,7,10-13H2,(H,18,20). The van der Waals surface area contributed by atoms with Crippen LogP contribution < -0.4 is 5.32 Å². The molecule has 3 heterocycles. The zero-order valence-electron chi connectivity index (χ0n) is 13.1. The van der Waals surface area contributed by atoms with Crippen molar-refractivity contribution >= 4 is 17.2 Å². The molecule has 0 aliphatic carbocycles. The third kappa shape index (κ3) is 5.20. The van der Waals surface area contributed by atoms with E-state index in [0.717, 1.165) is 31.8 Å². The molecule has 1 N–H and O–H groups in total. The van der Waals surface area contributed by atoms with Gasteiger partial charge in [-0.05, 0) is 36.4 Å². The van der Waals surface area contributed by atoms with Crippen LogP contribution in [0.5, 0.6) is 0 Å². The summed E-state index contributed by atoms with van der Waals surface area (Å²) in [6, 6.07) is 7.93. The number of amides is 1. The second-order valence-electron chi connectivity index (χ2n) is 5.74. The Morgan fingerprint density at radius 3 is 3.00 bits per heavy atom. The number of rotatable bonds is 8. The Hall–Kier alpha value is -1.63. The summed E-state index contributed by atoms with van der Waals surface area (Å²) in [7, 11) is 0. The molecular weight excluding hydrogens is 312 g/mol. The van der Waals surface area contributed by atoms with Crippen molar-refractivity contribution in [1.82, 2.24) is 10.2 Å². The third-order valence-corrected chi connectivity index (χ3v) is 4.70. The van der Waals surface area contributed by atoms with E-state index >= 15 is 0 Å². The fraction of sp³-hybridized carbons (Fsp3) is 0.471. The van der Waals surface area contributed by atoms with E-state index in [2.05, 4.69) is 21.7 Å². The van der Waals surface area contributed by atoms with Crippen LogP contribution in [0.2, 0.25) is 0 Å². The van der Waals surface area contributed by atoms with Crippen molar-refractivity contribution in [3.05, 3.63) is 46.5 Å². The van der Waals surface area contributed by atoms with Crippen LogP contribution in [0, 0.1) is 0 Å². The molecule has 124 valence electrons. The summed E-state index contributed by atoms with van der Waals surface area (Å²) in [4.78, 5) is 15.6. The van der Waals surface area contributed by atoms with Gasteiger partial charge in [-0.2, -0.15) is 0 Å². The SMILES string of the molecule is O=C(CN(Cc1ccco1)Cc1cccs1)NCC1CCCO1. The third-order valence-electron chi connectivity index (χ3n) is 3.84. The van der Waals surface area contributed by atoms with E-state index in [0.29, 0.717) is 19.6 Å². The number of carbonyl (C=O) groups excluding carboxylic acids is 1. The number of furan rings is 1. The molecule has 1 aliphatic heterocycles. The Morgan fingerprint density at radius 1 is 1.35 bits per heavy atom. The smallest absolute Gasteiger partial charge is 0.234 e. The second kappa shape index (κ2) is 8.29. The first kappa shape index (κ1) is 16.2. The summed E-state index contributed by atoms with van der Waals surface area (Å²) in [5.74, 6) is 0.900. The number of hydrogen-bond acceptors (Lipinski definition) is 5. The van der Waals surface area contributed by atoms with Crippen LogP contribution >= 0.6 is 11.3 Å². The minimum atomic E-state index is 0.0311. The Bertz CT molecular complexity index is 541. The molecule has 0 aromatic carbocycles. The van der Waals surface area contributed by atoms with Crippen LogP contribution in [-0.2, 0) is 22.6 Å². The number of thiophene rings is 1. The van der Waals surface area contributed by atoms with E-state index in [4.69, 9.17) is 9.15 Å². The van der Waals surface area contributed by atoms with Gasteiger partial charge in [0.1, 0.15) is 5.76 Å². The lowest BCUT2D eigenvalue weighted by atomic mass is 10.2. The summed E-state index contributed by atoms with van der Waals surface area (Å²) in [6.45, 7) is 3.13. The van der Waals surface area contributed by atoms with Gasteiger partial charge in [-0.1, -0.05) is 6.07 Å². The Morgan fingerprint density at radius 2 is 2.30 bits per heavy atom. The summed E-state index contributed by atoms with van der Waals surface area (Å²) in [6.07, 6.45) is 3.96. The minimum absolute atomic E-state index is 0.0311. The fourth-order valence-electron chi connectivity index (χ4n) is 2.71. The molecular formula is C17H22N2O3S. The van der Waals surface area contributed by atoms with Crippen LogP contribution in [0.3, 0.4) is 0 Å². The van der Waals surface area contributed by atoms with Gasteiger partial charge in [-0.3, -0.25) is 9.69 Å². The molecule has 0 saturated carbocycles. The summed E-state index contributed by atoms with van der Waals surface area (Å²) < 4.78 is 11.0. The first-order valence-electron chi connectivity index (χ1n) is 7.95. The predicted molar refractivity (Wildman–Crippen MR) is 89.1 cm³/mol. The van der Waals surface area contributed by atoms with E-state index in [1.807, 2.05) is 18.2 Å². The molecule has 0 bridgehead atoms. The van der Waals surface area contributed by atoms with E-state index in [9.17, 15) is 4.79 Å². The molecule has 1 unspecified atom stereocenters. The number of nitrogens with zero attached hydrogens (tertiary/aromatic N) is 1. The lowest BCUT2D eigenvalue weighted by Crippen LogP contribution is -2.39. The first-order chi connectivity index (χ1) is 11.3. The lowest BCUT2D eigenvalue weighted by Gasteiger charge is -2.20. The van der Waals surface area contributed by atoms with Crippen LogP contribution in [0.25, 0.3) is 0 Å². The van der Waals surface area contributed by atoms with Gasteiger partial charge in [-0.25, -0.2) is 0 Å². The van der Waals surface area contributed by atoms with E-state index < -0.39 is 0 Å². The first-order valence-corrected chi connectivity index (χ1v) is 8.83. The molecule has 1 atom stereocenters. The monoisotopic (exact) mass is 334 g/mol. The quantitative estimate of drug-likeness (QED) is 0.806. The van der Waals surface area contributed by atoms with Crippen LogP contribution in [0.15, 0.2) is 40.3 Å². The van der Waals surface area contributed by atoms with Crippen molar-refractivity contribution in [3.8, 4) is 0 Å². The van der Waals surface area contributed by atoms with E-state index in [-0.39, 0.29) is 12.0 Å². The number of nitrogens with one attached hydrogen (secondary N) is 1. The van der Waals surface area contributed by atoms with Crippen LogP contribution in [0.4, 0.5) is 0 Å². The van der Waals surface area contributed by atoms with Crippen molar-refractivity contribution < 1.29 is 13.9 Å². The van der Waals surface area contributed by atoms with Gasteiger partial charge in [0.2, 0.25) is 5.91 Å². The van der Waals surface area contributed by atoms with Gasteiger partial charge in [0.05, 0.1) is 25.5 Å². The summed E-state index contributed by atoms with van der Waals surface area (Å²) >= 11 is 1.70. The minimum Gasteiger partial charge on any atom is -0.468 e. The van der Waals surface area contributed by atoms with Gasteiger partial charge >= 0.3 is 0 Å². The molecule has 0 radical (unpaired) electrons. The molecule has 3 rings (SSSR count). The summed E-state index contributed by atoms with van der Waals surface area (Å²) in [5, 5.41) is 5.03. The number of ether oxygens (including phenoxy) is 1. The molecule has 1 amide bonds. The zero-order chi connectivity index (χ0) is 15.9. The highest BCUT2D eigenvalue weighted by Crippen LogP contribution is 2.15. The van der Waals surface area contributed by atoms with Crippen LogP contribution in [0.1, 0.15) is 23.5 Å². The maximum atomic E-state index is 12.2. The highest BCUT2D eigenvalue weighted by molar-refractivity contribution is 7.09. The molecule has 23 heavy (non-hydrogen) atoms. The molecule has 1 saturated heterocycles. The second-order valence-corrected chi connectivity index (χ2v) is 6.78. The van der Waals surface area contributed by atoms with Gasteiger partial charge < -0.3 is 14.5 Å². The average Bonchev–Trinajstić information content (AvgIpc) is 3.29. The van der Waals surface area contributed by atoms with Gasteiger partial charge in [-0.15, -0.1) is 11.3 Å². The Kier molecular flexibility index (Phi) is 5.85. The van der Waals surface area contributed by atoms with Gasteiger partial charge in [0.25, 0.3) is 0 Å². The molecule has 0 spiro atoms.